The summed E-state index contributed by atoms with van der Waals surface area (Å²) in [5.41, 5.74) is 7.98. The number of ether oxygens (including phenoxy) is 1. The van der Waals surface area contributed by atoms with Crippen LogP contribution in [-0.2, 0) is 17.8 Å². The number of methoxy groups -OCH3 is 1. The molecule has 0 saturated heterocycles. The van der Waals surface area contributed by atoms with Crippen LogP contribution in [0.15, 0.2) is 48.7 Å². The first-order valence-corrected chi connectivity index (χ1v) is 7.21. The highest BCUT2D eigenvalue weighted by Gasteiger charge is 2.16. The van der Waals surface area contributed by atoms with Gasteiger partial charge in [0.15, 0.2) is 0 Å². The monoisotopic (exact) mass is 299 g/mol. The molecule has 2 aromatic rings. The van der Waals surface area contributed by atoms with Gasteiger partial charge in [-0.15, -0.1) is 0 Å². The van der Waals surface area contributed by atoms with E-state index in [1.54, 1.807) is 30.3 Å². The average molecular weight is 299 g/mol. The Morgan fingerprint density at radius 1 is 1.27 bits per heavy atom. The molecular formula is C17H21N3O2. The van der Waals surface area contributed by atoms with E-state index < -0.39 is 0 Å². The van der Waals surface area contributed by atoms with Crippen LogP contribution in [0.1, 0.15) is 21.6 Å². The first kappa shape index (κ1) is 16.1. The Balaban J connectivity index is 2.18. The quantitative estimate of drug-likeness (QED) is 0.847. The second-order valence-electron chi connectivity index (χ2n) is 4.95. The Morgan fingerprint density at radius 2 is 2.05 bits per heavy atom. The van der Waals surface area contributed by atoms with Crippen molar-refractivity contribution in [3.8, 4) is 0 Å². The minimum atomic E-state index is -0.0435. The van der Waals surface area contributed by atoms with Crippen LogP contribution >= 0.6 is 0 Å². The number of carbonyl (C=O) groups excluding carboxylic acids is 1. The lowest BCUT2D eigenvalue weighted by atomic mass is 10.1. The van der Waals surface area contributed by atoms with Gasteiger partial charge in [0, 0.05) is 38.5 Å². The minimum absolute atomic E-state index is 0.0435. The topological polar surface area (TPSA) is 68.5 Å². The Kier molecular flexibility index (Phi) is 6.06. The first-order chi connectivity index (χ1) is 10.7. The zero-order chi connectivity index (χ0) is 15.8. The van der Waals surface area contributed by atoms with Crippen molar-refractivity contribution in [2.45, 2.75) is 13.1 Å². The van der Waals surface area contributed by atoms with Crippen LogP contribution in [0.5, 0.6) is 0 Å². The molecule has 1 aromatic heterocycles. The molecule has 0 aliphatic heterocycles. The normalized spacial score (nSPS) is 10.5. The third-order valence-electron chi connectivity index (χ3n) is 3.34. The molecule has 0 spiro atoms. The van der Waals surface area contributed by atoms with Crippen LogP contribution in [0.4, 0.5) is 0 Å². The zero-order valence-electron chi connectivity index (χ0n) is 12.7. The van der Waals surface area contributed by atoms with Gasteiger partial charge in [0.1, 0.15) is 0 Å². The maximum absolute atomic E-state index is 12.7. The molecular weight excluding hydrogens is 278 g/mol. The number of aromatic nitrogens is 1. The Morgan fingerprint density at radius 3 is 2.73 bits per heavy atom. The van der Waals surface area contributed by atoms with Crippen LogP contribution in [-0.4, -0.2) is 36.1 Å². The zero-order valence-corrected chi connectivity index (χ0v) is 12.7. The number of hydrogen-bond acceptors (Lipinski definition) is 4. The lowest BCUT2D eigenvalue weighted by Gasteiger charge is -2.23. The van der Waals surface area contributed by atoms with E-state index in [0.717, 1.165) is 5.56 Å². The van der Waals surface area contributed by atoms with Gasteiger partial charge in [-0.3, -0.25) is 9.78 Å². The number of amides is 1. The molecule has 0 aliphatic rings. The summed E-state index contributed by atoms with van der Waals surface area (Å²) in [6, 6.07) is 13.4. The molecule has 0 fully saturated rings. The van der Waals surface area contributed by atoms with Crippen LogP contribution in [0.25, 0.3) is 0 Å². The molecule has 0 aliphatic carbocycles. The van der Waals surface area contributed by atoms with Crippen LogP contribution in [0, 0.1) is 0 Å². The van der Waals surface area contributed by atoms with Crippen molar-refractivity contribution in [3.63, 3.8) is 0 Å². The second kappa shape index (κ2) is 8.26. The van der Waals surface area contributed by atoms with E-state index in [-0.39, 0.29) is 5.91 Å². The smallest absolute Gasteiger partial charge is 0.254 e. The number of nitrogens with two attached hydrogens (primary N) is 1. The van der Waals surface area contributed by atoms with Crippen LogP contribution < -0.4 is 5.73 Å². The van der Waals surface area contributed by atoms with Crippen molar-refractivity contribution in [1.29, 1.82) is 0 Å². The lowest BCUT2D eigenvalue weighted by molar-refractivity contribution is 0.0680. The number of rotatable bonds is 7. The molecule has 1 heterocycles. The van der Waals surface area contributed by atoms with Crippen molar-refractivity contribution < 1.29 is 9.53 Å². The molecule has 22 heavy (non-hydrogen) atoms. The SMILES string of the molecule is COCCN(Cc1ccccc1)C(=O)c1ccnc(CN)c1. The first-order valence-electron chi connectivity index (χ1n) is 7.21. The fourth-order valence-electron chi connectivity index (χ4n) is 2.16. The summed E-state index contributed by atoms with van der Waals surface area (Å²) in [6.07, 6.45) is 1.62. The van der Waals surface area contributed by atoms with E-state index in [1.165, 1.54) is 0 Å². The fraction of sp³-hybridized carbons (Fsp3) is 0.294. The van der Waals surface area contributed by atoms with Gasteiger partial charge in [-0.1, -0.05) is 30.3 Å². The van der Waals surface area contributed by atoms with Crippen molar-refractivity contribution in [2.24, 2.45) is 5.73 Å². The van der Waals surface area contributed by atoms with Gasteiger partial charge in [0.2, 0.25) is 0 Å². The van der Waals surface area contributed by atoms with Gasteiger partial charge in [-0.25, -0.2) is 0 Å². The van der Waals surface area contributed by atoms with Crippen molar-refractivity contribution in [3.05, 3.63) is 65.5 Å². The molecule has 1 amide bonds. The third-order valence-corrected chi connectivity index (χ3v) is 3.34. The van der Waals surface area contributed by atoms with Gasteiger partial charge < -0.3 is 15.4 Å². The Bertz CT molecular complexity index is 602. The summed E-state index contributed by atoms with van der Waals surface area (Å²) in [4.78, 5) is 18.6. The predicted molar refractivity (Wildman–Crippen MR) is 85.2 cm³/mol. The Hall–Kier alpha value is -2.24. The maximum Gasteiger partial charge on any atom is 0.254 e. The van der Waals surface area contributed by atoms with Gasteiger partial charge in [-0.05, 0) is 17.7 Å². The third kappa shape index (κ3) is 4.38. The molecule has 0 bridgehead atoms. The number of pyridine rings is 1. The van der Waals surface area contributed by atoms with E-state index in [9.17, 15) is 4.79 Å². The molecule has 5 heteroatoms. The van der Waals surface area contributed by atoms with Gasteiger partial charge >= 0.3 is 0 Å². The highest BCUT2D eigenvalue weighted by Crippen LogP contribution is 2.11. The van der Waals surface area contributed by atoms with E-state index >= 15 is 0 Å². The van der Waals surface area contributed by atoms with Crippen molar-refractivity contribution in [1.82, 2.24) is 9.88 Å². The van der Waals surface area contributed by atoms with Crippen LogP contribution in [0.3, 0.4) is 0 Å². The van der Waals surface area contributed by atoms with Gasteiger partial charge in [0.25, 0.3) is 5.91 Å². The van der Waals surface area contributed by atoms with E-state index in [2.05, 4.69) is 4.98 Å². The second-order valence-corrected chi connectivity index (χ2v) is 4.95. The number of carbonyl (C=O) groups is 1. The summed E-state index contributed by atoms with van der Waals surface area (Å²) in [5.74, 6) is -0.0435. The van der Waals surface area contributed by atoms with E-state index in [4.69, 9.17) is 10.5 Å². The summed E-state index contributed by atoms with van der Waals surface area (Å²) in [5, 5.41) is 0. The lowest BCUT2D eigenvalue weighted by Crippen LogP contribution is -2.33. The molecule has 0 atom stereocenters. The van der Waals surface area contributed by atoms with Gasteiger partial charge in [0.05, 0.1) is 12.3 Å². The number of hydrogen-bond donors (Lipinski definition) is 1. The standard InChI is InChI=1S/C17H21N3O2/c1-22-10-9-20(13-14-5-3-2-4-6-14)17(21)15-7-8-19-16(11-15)12-18/h2-8,11H,9-10,12-13,18H2,1H3. The van der Waals surface area contributed by atoms with E-state index in [0.29, 0.717) is 37.5 Å². The van der Waals surface area contributed by atoms with Gasteiger partial charge in [-0.2, -0.15) is 0 Å². The average Bonchev–Trinajstić information content (AvgIpc) is 2.59. The molecule has 0 saturated carbocycles. The largest absolute Gasteiger partial charge is 0.383 e. The van der Waals surface area contributed by atoms with Crippen molar-refractivity contribution >= 4 is 5.91 Å². The summed E-state index contributed by atoms with van der Waals surface area (Å²) < 4.78 is 5.11. The highest BCUT2D eigenvalue weighted by atomic mass is 16.5. The molecule has 0 unspecified atom stereocenters. The minimum Gasteiger partial charge on any atom is -0.383 e. The summed E-state index contributed by atoms with van der Waals surface area (Å²) >= 11 is 0. The molecule has 2 N–H and O–H groups in total. The summed E-state index contributed by atoms with van der Waals surface area (Å²) in [7, 11) is 1.63. The van der Waals surface area contributed by atoms with Crippen molar-refractivity contribution in [2.75, 3.05) is 20.3 Å². The molecule has 1 aromatic carbocycles. The number of benzene rings is 1. The molecule has 116 valence electrons. The summed E-state index contributed by atoms with van der Waals surface area (Å²) in [6.45, 7) is 1.89. The maximum atomic E-state index is 12.7. The molecule has 5 nitrogen and oxygen atoms in total. The fourth-order valence-corrected chi connectivity index (χ4v) is 2.16. The molecule has 0 radical (unpaired) electrons. The van der Waals surface area contributed by atoms with Crippen LogP contribution in [0.2, 0.25) is 0 Å². The predicted octanol–water partition coefficient (Wildman–Crippen LogP) is 1.83. The highest BCUT2D eigenvalue weighted by molar-refractivity contribution is 5.94. The Labute approximate surface area is 130 Å². The molecule has 2 rings (SSSR count). The number of nitrogens with zero attached hydrogens (tertiary/aromatic N) is 2. The van der Waals surface area contributed by atoms with E-state index in [1.807, 2.05) is 30.3 Å².